The lowest BCUT2D eigenvalue weighted by Gasteiger charge is -2.26. The zero-order chi connectivity index (χ0) is 31.2. The number of morpholine rings is 1. The van der Waals surface area contributed by atoms with Crippen LogP contribution in [0.1, 0.15) is 22.3 Å². The number of thioether (sulfide) groups is 1. The number of rotatable bonds is 12. The fraction of sp³-hybridized carbons (Fsp3) is 0.281. The Morgan fingerprint density at radius 2 is 1.80 bits per heavy atom. The lowest BCUT2D eigenvalue weighted by Crippen LogP contribution is -2.38. The standard InChI is InChI=1S/C32H31N5O6S2/c38-30-29(45-32(44)37(30)10-1-14-42-24-6-3-22(4-7-24)31(39)40)19-21-2-9-28(43-17-13-36-11-15-41-16-12-36)25(18-21)23-5-8-26-27(20-23)34-35-33-26/h2-9,18-20H,1,10-17H2,(H,39,40)(H,33,34,35)/b29-19-. The number of aromatic nitrogens is 3. The van der Waals surface area contributed by atoms with Crippen LogP contribution in [0.15, 0.2) is 65.6 Å². The van der Waals surface area contributed by atoms with Crippen molar-refractivity contribution >= 4 is 57.3 Å². The van der Waals surface area contributed by atoms with E-state index in [2.05, 4.69) is 20.3 Å². The van der Waals surface area contributed by atoms with Crippen LogP contribution in [0, 0.1) is 0 Å². The average Bonchev–Trinajstić information content (AvgIpc) is 3.63. The number of thiocarbonyl (C=S) groups is 1. The minimum absolute atomic E-state index is 0.146. The van der Waals surface area contributed by atoms with E-state index in [9.17, 15) is 9.59 Å². The molecule has 11 nitrogen and oxygen atoms in total. The highest BCUT2D eigenvalue weighted by Gasteiger charge is 2.31. The summed E-state index contributed by atoms with van der Waals surface area (Å²) < 4.78 is 17.9. The van der Waals surface area contributed by atoms with Crippen molar-refractivity contribution in [1.82, 2.24) is 25.2 Å². The Morgan fingerprint density at radius 3 is 2.60 bits per heavy atom. The third kappa shape index (κ3) is 7.51. The molecule has 0 bridgehead atoms. The monoisotopic (exact) mass is 645 g/mol. The molecular formula is C32H31N5O6S2. The van der Waals surface area contributed by atoms with Crippen LogP contribution < -0.4 is 9.47 Å². The number of nitrogens with zero attached hydrogens (tertiary/aromatic N) is 4. The van der Waals surface area contributed by atoms with Crippen molar-refractivity contribution in [1.29, 1.82) is 0 Å². The Labute approximate surface area is 269 Å². The minimum atomic E-state index is -0.989. The fourth-order valence-corrected chi connectivity index (χ4v) is 6.37. The number of aromatic carboxylic acids is 1. The SMILES string of the molecule is O=C(O)c1ccc(OCCCN2C(=O)/C(=C/c3ccc(OCCN4CCOCC4)c(-c4ccc5n[nH]nc5c4)c3)SC2=S)cc1. The highest BCUT2D eigenvalue weighted by Crippen LogP contribution is 2.36. The van der Waals surface area contributed by atoms with Crippen molar-refractivity contribution in [3.63, 3.8) is 0 Å². The van der Waals surface area contributed by atoms with Gasteiger partial charge in [-0.25, -0.2) is 4.79 Å². The number of hydrogen-bond donors (Lipinski definition) is 2. The lowest BCUT2D eigenvalue weighted by molar-refractivity contribution is -0.122. The maximum Gasteiger partial charge on any atom is 0.335 e. The highest BCUT2D eigenvalue weighted by atomic mass is 32.2. The van der Waals surface area contributed by atoms with Crippen LogP contribution in [0.2, 0.25) is 0 Å². The Kier molecular flexibility index (Phi) is 9.69. The van der Waals surface area contributed by atoms with Gasteiger partial charge in [-0.2, -0.15) is 15.4 Å². The molecule has 232 valence electrons. The molecule has 6 rings (SSSR count). The molecular weight excluding hydrogens is 615 g/mol. The van der Waals surface area contributed by atoms with E-state index >= 15 is 0 Å². The Balaban J connectivity index is 1.13. The summed E-state index contributed by atoms with van der Waals surface area (Å²) in [7, 11) is 0. The highest BCUT2D eigenvalue weighted by molar-refractivity contribution is 8.26. The number of H-pyrrole nitrogens is 1. The number of carboxylic acid groups (broad SMARTS) is 1. The molecule has 0 unspecified atom stereocenters. The third-order valence-corrected chi connectivity index (χ3v) is 8.84. The Hall–Kier alpha value is -4.30. The van der Waals surface area contributed by atoms with E-state index in [1.807, 2.05) is 42.5 Å². The molecule has 1 aromatic heterocycles. The zero-order valence-electron chi connectivity index (χ0n) is 24.3. The largest absolute Gasteiger partial charge is 0.494 e. The van der Waals surface area contributed by atoms with E-state index in [0.717, 1.165) is 66.3 Å². The minimum Gasteiger partial charge on any atom is -0.494 e. The first-order valence-electron chi connectivity index (χ1n) is 14.5. The van der Waals surface area contributed by atoms with Crippen LogP contribution in [0.4, 0.5) is 0 Å². The van der Waals surface area contributed by atoms with Crippen molar-refractivity contribution in [2.75, 3.05) is 52.6 Å². The number of hydrogen-bond acceptors (Lipinski definition) is 10. The van der Waals surface area contributed by atoms with Crippen LogP contribution in [0.5, 0.6) is 11.5 Å². The molecule has 0 spiro atoms. The van der Waals surface area contributed by atoms with E-state index in [-0.39, 0.29) is 11.5 Å². The van der Waals surface area contributed by atoms with Crippen molar-refractivity contribution < 1.29 is 28.9 Å². The molecule has 2 fully saturated rings. The number of carbonyl (C=O) groups excluding carboxylic acids is 1. The van der Waals surface area contributed by atoms with E-state index in [4.69, 9.17) is 31.5 Å². The van der Waals surface area contributed by atoms with Crippen molar-refractivity contribution in [3.05, 3.63) is 76.7 Å². The summed E-state index contributed by atoms with van der Waals surface area (Å²) in [5, 5.41) is 20.1. The summed E-state index contributed by atoms with van der Waals surface area (Å²) in [6.07, 6.45) is 2.42. The molecule has 0 atom stereocenters. The number of fused-ring (bicyclic) bond motifs is 1. The van der Waals surface area contributed by atoms with Crippen LogP contribution in [-0.4, -0.2) is 99.1 Å². The summed E-state index contributed by atoms with van der Waals surface area (Å²) in [5.41, 5.74) is 4.38. The van der Waals surface area contributed by atoms with Gasteiger partial charge >= 0.3 is 5.97 Å². The first-order chi connectivity index (χ1) is 21.9. The fourth-order valence-electron chi connectivity index (χ4n) is 5.06. The number of carbonyl (C=O) groups is 2. The maximum absolute atomic E-state index is 13.3. The second kappa shape index (κ2) is 14.2. The van der Waals surface area contributed by atoms with Gasteiger partial charge in [0.2, 0.25) is 0 Å². The predicted molar refractivity (Wildman–Crippen MR) is 175 cm³/mol. The lowest BCUT2D eigenvalue weighted by atomic mass is 10.0. The van der Waals surface area contributed by atoms with Gasteiger partial charge in [0.05, 0.1) is 30.3 Å². The van der Waals surface area contributed by atoms with E-state index in [1.54, 1.807) is 17.0 Å². The zero-order valence-corrected chi connectivity index (χ0v) is 25.9. The number of aromatic amines is 1. The molecule has 1 amide bonds. The Bertz CT molecular complexity index is 1740. The summed E-state index contributed by atoms with van der Waals surface area (Å²) >= 11 is 6.81. The summed E-state index contributed by atoms with van der Waals surface area (Å²) in [5.74, 6) is 0.176. The normalized spacial score (nSPS) is 16.5. The molecule has 4 aromatic rings. The van der Waals surface area contributed by atoms with Gasteiger partial charge < -0.3 is 19.3 Å². The Morgan fingerprint density at radius 1 is 1.00 bits per heavy atom. The number of carboxylic acids is 1. The number of nitrogens with one attached hydrogen (secondary N) is 1. The molecule has 2 N–H and O–H groups in total. The molecule has 2 aliphatic heterocycles. The summed E-state index contributed by atoms with van der Waals surface area (Å²) in [6, 6.07) is 18.0. The quantitative estimate of drug-likeness (QED) is 0.126. The van der Waals surface area contributed by atoms with Gasteiger partial charge in [-0.1, -0.05) is 36.1 Å². The van der Waals surface area contributed by atoms with Crippen LogP contribution in [0.25, 0.3) is 28.2 Å². The molecule has 3 aromatic carbocycles. The van der Waals surface area contributed by atoms with Gasteiger partial charge in [-0.05, 0) is 72.2 Å². The van der Waals surface area contributed by atoms with Crippen LogP contribution in [0.3, 0.4) is 0 Å². The smallest absolute Gasteiger partial charge is 0.335 e. The number of amides is 1. The molecule has 0 saturated carbocycles. The molecule has 45 heavy (non-hydrogen) atoms. The van der Waals surface area contributed by atoms with Crippen LogP contribution >= 0.6 is 24.0 Å². The third-order valence-electron chi connectivity index (χ3n) is 7.47. The van der Waals surface area contributed by atoms with Gasteiger partial charge in [0.1, 0.15) is 33.5 Å². The van der Waals surface area contributed by atoms with E-state index in [1.165, 1.54) is 23.9 Å². The van der Waals surface area contributed by atoms with Gasteiger partial charge in [-0.15, -0.1) is 0 Å². The first kappa shape index (κ1) is 30.7. The number of ether oxygens (including phenoxy) is 3. The van der Waals surface area contributed by atoms with Gasteiger partial charge in [0.15, 0.2) is 0 Å². The van der Waals surface area contributed by atoms with Crippen molar-refractivity contribution in [3.8, 4) is 22.6 Å². The molecule has 0 aliphatic carbocycles. The summed E-state index contributed by atoms with van der Waals surface area (Å²) in [6.45, 7) is 5.37. The first-order valence-corrected chi connectivity index (χ1v) is 15.8. The molecule has 0 radical (unpaired) electrons. The second-order valence-corrected chi connectivity index (χ2v) is 12.1. The number of benzene rings is 3. The van der Waals surface area contributed by atoms with Crippen LogP contribution in [-0.2, 0) is 9.53 Å². The molecule has 13 heteroatoms. The average molecular weight is 646 g/mol. The van der Waals surface area contributed by atoms with E-state index in [0.29, 0.717) is 41.2 Å². The summed E-state index contributed by atoms with van der Waals surface area (Å²) in [4.78, 5) is 28.8. The van der Waals surface area contributed by atoms with Gasteiger partial charge in [0, 0.05) is 31.7 Å². The second-order valence-electron chi connectivity index (χ2n) is 10.5. The molecule has 3 heterocycles. The maximum atomic E-state index is 13.3. The molecule has 2 saturated heterocycles. The van der Waals surface area contributed by atoms with Crippen molar-refractivity contribution in [2.24, 2.45) is 0 Å². The van der Waals surface area contributed by atoms with Gasteiger partial charge in [-0.3, -0.25) is 14.6 Å². The predicted octanol–water partition coefficient (Wildman–Crippen LogP) is 4.70. The van der Waals surface area contributed by atoms with Crippen molar-refractivity contribution in [2.45, 2.75) is 6.42 Å². The topological polar surface area (TPSA) is 130 Å². The van der Waals surface area contributed by atoms with E-state index < -0.39 is 5.97 Å². The van der Waals surface area contributed by atoms with Gasteiger partial charge in [0.25, 0.3) is 5.91 Å². The molecule has 2 aliphatic rings.